The SMILES string of the molecule is CCOC(=O)C(F)=Cc1csc(C)n1. The van der Waals surface area contributed by atoms with Crippen LogP contribution in [0.2, 0.25) is 0 Å². The minimum absolute atomic E-state index is 0.163. The number of rotatable bonds is 3. The van der Waals surface area contributed by atoms with Gasteiger partial charge < -0.3 is 4.74 Å². The van der Waals surface area contributed by atoms with Crippen LogP contribution in [0.4, 0.5) is 4.39 Å². The Kier molecular flexibility index (Phi) is 3.76. The fourth-order valence-corrected chi connectivity index (χ4v) is 1.41. The summed E-state index contributed by atoms with van der Waals surface area (Å²) in [4.78, 5) is 14.9. The van der Waals surface area contributed by atoms with Crippen molar-refractivity contribution in [3.63, 3.8) is 0 Å². The fraction of sp³-hybridized carbons (Fsp3) is 0.333. The molecule has 76 valence electrons. The van der Waals surface area contributed by atoms with E-state index in [9.17, 15) is 9.18 Å². The number of thiazole rings is 1. The molecular weight excluding hydrogens is 205 g/mol. The zero-order chi connectivity index (χ0) is 10.6. The number of aryl methyl sites for hydroxylation is 1. The summed E-state index contributed by atoms with van der Waals surface area (Å²) in [5.41, 5.74) is 0.443. The molecule has 0 aliphatic carbocycles. The molecule has 0 radical (unpaired) electrons. The van der Waals surface area contributed by atoms with E-state index < -0.39 is 11.8 Å². The average molecular weight is 215 g/mol. The van der Waals surface area contributed by atoms with E-state index in [2.05, 4.69) is 9.72 Å². The molecule has 1 aromatic heterocycles. The molecule has 0 atom stereocenters. The molecular formula is C9H10FNO2S. The van der Waals surface area contributed by atoms with Crippen LogP contribution >= 0.6 is 11.3 Å². The van der Waals surface area contributed by atoms with E-state index in [-0.39, 0.29) is 6.61 Å². The molecule has 0 saturated carbocycles. The molecule has 14 heavy (non-hydrogen) atoms. The summed E-state index contributed by atoms with van der Waals surface area (Å²) >= 11 is 1.40. The van der Waals surface area contributed by atoms with E-state index in [1.807, 2.05) is 6.92 Å². The van der Waals surface area contributed by atoms with Crippen LogP contribution in [0, 0.1) is 6.92 Å². The van der Waals surface area contributed by atoms with Crippen molar-refractivity contribution in [2.24, 2.45) is 0 Å². The minimum atomic E-state index is -0.946. The van der Waals surface area contributed by atoms with Gasteiger partial charge in [-0.1, -0.05) is 0 Å². The quantitative estimate of drug-likeness (QED) is 0.573. The van der Waals surface area contributed by atoms with Crippen LogP contribution < -0.4 is 0 Å². The highest BCUT2D eigenvalue weighted by atomic mass is 32.1. The normalized spacial score (nSPS) is 11.5. The van der Waals surface area contributed by atoms with Crippen LogP contribution in [0.5, 0.6) is 0 Å². The Hall–Kier alpha value is -1.23. The molecule has 5 heteroatoms. The predicted octanol–water partition coefficient (Wildman–Crippen LogP) is 2.33. The standard InChI is InChI=1S/C9H10FNO2S/c1-3-13-9(12)8(10)4-7-5-14-6(2)11-7/h4-5H,3H2,1-2H3. The van der Waals surface area contributed by atoms with Gasteiger partial charge in [0.2, 0.25) is 5.83 Å². The van der Waals surface area contributed by atoms with Crippen LogP contribution in [-0.4, -0.2) is 17.6 Å². The van der Waals surface area contributed by atoms with Crippen LogP contribution in [0.25, 0.3) is 6.08 Å². The Bertz CT molecular complexity index is 359. The summed E-state index contributed by atoms with van der Waals surface area (Å²) in [5.74, 6) is -1.87. The van der Waals surface area contributed by atoms with E-state index in [1.54, 1.807) is 12.3 Å². The number of carbonyl (C=O) groups excluding carboxylic acids is 1. The molecule has 0 fully saturated rings. The molecule has 1 rings (SSSR count). The molecule has 1 aromatic rings. The average Bonchev–Trinajstić information content (AvgIpc) is 2.51. The third-order valence-electron chi connectivity index (χ3n) is 1.38. The molecule has 0 saturated heterocycles. The number of esters is 1. The van der Waals surface area contributed by atoms with Gasteiger partial charge in [0.05, 0.1) is 17.3 Å². The first-order valence-electron chi connectivity index (χ1n) is 4.10. The number of ether oxygens (including phenoxy) is 1. The lowest BCUT2D eigenvalue weighted by atomic mass is 10.4. The van der Waals surface area contributed by atoms with Gasteiger partial charge in [0.15, 0.2) is 0 Å². The smallest absolute Gasteiger partial charge is 0.367 e. The highest BCUT2D eigenvalue weighted by Crippen LogP contribution is 2.13. The van der Waals surface area contributed by atoms with Crippen LogP contribution in [-0.2, 0) is 9.53 Å². The van der Waals surface area contributed by atoms with Crippen molar-refractivity contribution in [1.29, 1.82) is 0 Å². The van der Waals surface area contributed by atoms with Crippen molar-refractivity contribution < 1.29 is 13.9 Å². The number of nitrogens with zero attached hydrogens (tertiary/aromatic N) is 1. The Balaban J connectivity index is 2.73. The predicted molar refractivity (Wildman–Crippen MR) is 52.6 cm³/mol. The second-order valence-electron chi connectivity index (χ2n) is 2.50. The second-order valence-corrected chi connectivity index (χ2v) is 3.57. The molecule has 1 heterocycles. The molecule has 0 N–H and O–H groups in total. The van der Waals surface area contributed by atoms with Crippen molar-refractivity contribution >= 4 is 23.4 Å². The molecule has 0 aliphatic heterocycles. The monoisotopic (exact) mass is 215 g/mol. The van der Waals surface area contributed by atoms with Gasteiger partial charge in [0.1, 0.15) is 0 Å². The number of halogens is 1. The third kappa shape index (κ3) is 2.92. The summed E-state index contributed by atoms with van der Waals surface area (Å²) in [7, 11) is 0. The first kappa shape index (κ1) is 10.8. The minimum Gasteiger partial charge on any atom is -0.461 e. The molecule has 0 bridgehead atoms. The van der Waals surface area contributed by atoms with Gasteiger partial charge in [-0.15, -0.1) is 11.3 Å². The van der Waals surface area contributed by atoms with Gasteiger partial charge in [-0.05, 0) is 13.8 Å². The van der Waals surface area contributed by atoms with Crippen molar-refractivity contribution in [1.82, 2.24) is 4.98 Å². The summed E-state index contributed by atoms with van der Waals surface area (Å²) in [5, 5.41) is 2.50. The van der Waals surface area contributed by atoms with Crippen LogP contribution in [0.15, 0.2) is 11.2 Å². The lowest BCUT2D eigenvalue weighted by Crippen LogP contribution is -2.03. The Labute approximate surface area is 85.2 Å². The van der Waals surface area contributed by atoms with Crippen LogP contribution in [0.3, 0.4) is 0 Å². The van der Waals surface area contributed by atoms with E-state index in [4.69, 9.17) is 0 Å². The lowest BCUT2D eigenvalue weighted by Gasteiger charge is -1.96. The number of aromatic nitrogens is 1. The van der Waals surface area contributed by atoms with Gasteiger partial charge in [-0.3, -0.25) is 0 Å². The fourth-order valence-electron chi connectivity index (χ4n) is 0.835. The summed E-state index contributed by atoms with van der Waals surface area (Å²) in [6.07, 6.45) is 1.07. The highest BCUT2D eigenvalue weighted by molar-refractivity contribution is 7.09. The Morgan fingerprint density at radius 3 is 3.00 bits per heavy atom. The van der Waals surface area contributed by atoms with E-state index in [0.717, 1.165) is 11.1 Å². The zero-order valence-corrected chi connectivity index (χ0v) is 8.73. The maximum atomic E-state index is 13.0. The van der Waals surface area contributed by atoms with E-state index >= 15 is 0 Å². The Morgan fingerprint density at radius 2 is 2.50 bits per heavy atom. The van der Waals surface area contributed by atoms with Gasteiger partial charge in [0.25, 0.3) is 0 Å². The first-order valence-corrected chi connectivity index (χ1v) is 4.98. The molecule has 0 unspecified atom stereocenters. The van der Waals surface area contributed by atoms with Gasteiger partial charge >= 0.3 is 5.97 Å². The third-order valence-corrected chi connectivity index (χ3v) is 2.17. The maximum Gasteiger partial charge on any atom is 0.367 e. The maximum absolute atomic E-state index is 13.0. The zero-order valence-electron chi connectivity index (χ0n) is 7.91. The van der Waals surface area contributed by atoms with Gasteiger partial charge in [0, 0.05) is 11.5 Å². The van der Waals surface area contributed by atoms with Crippen LogP contribution in [0.1, 0.15) is 17.6 Å². The summed E-state index contributed by atoms with van der Waals surface area (Å²) in [6, 6.07) is 0. The Morgan fingerprint density at radius 1 is 1.79 bits per heavy atom. The molecule has 0 aliphatic rings. The summed E-state index contributed by atoms with van der Waals surface area (Å²) in [6.45, 7) is 3.60. The van der Waals surface area contributed by atoms with E-state index in [0.29, 0.717) is 5.69 Å². The van der Waals surface area contributed by atoms with Crippen molar-refractivity contribution in [2.75, 3.05) is 6.61 Å². The first-order chi connectivity index (χ1) is 6.63. The topological polar surface area (TPSA) is 39.2 Å². The summed E-state index contributed by atoms with van der Waals surface area (Å²) < 4.78 is 17.5. The number of carbonyl (C=O) groups is 1. The van der Waals surface area contributed by atoms with Crippen molar-refractivity contribution in [2.45, 2.75) is 13.8 Å². The van der Waals surface area contributed by atoms with Gasteiger partial charge in [-0.2, -0.15) is 4.39 Å². The van der Waals surface area contributed by atoms with Gasteiger partial charge in [-0.25, -0.2) is 9.78 Å². The lowest BCUT2D eigenvalue weighted by molar-refractivity contribution is -0.140. The second kappa shape index (κ2) is 4.85. The largest absolute Gasteiger partial charge is 0.461 e. The molecule has 3 nitrogen and oxygen atoms in total. The van der Waals surface area contributed by atoms with Crippen molar-refractivity contribution in [3.8, 4) is 0 Å². The van der Waals surface area contributed by atoms with E-state index in [1.165, 1.54) is 11.3 Å². The molecule has 0 aromatic carbocycles. The molecule has 0 spiro atoms. The van der Waals surface area contributed by atoms with Crippen molar-refractivity contribution in [3.05, 3.63) is 21.9 Å². The highest BCUT2D eigenvalue weighted by Gasteiger charge is 2.09. The number of hydrogen-bond acceptors (Lipinski definition) is 4. The molecule has 0 amide bonds. The number of hydrogen-bond donors (Lipinski definition) is 0.